The number of hydrogen-bond acceptors (Lipinski definition) is 4. The Morgan fingerprint density at radius 3 is 2.56 bits per heavy atom. The molecule has 0 aliphatic rings. The first-order valence-electron chi connectivity index (χ1n) is 7.82. The van der Waals surface area contributed by atoms with E-state index < -0.39 is 12.1 Å². The summed E-state index contributed by atoms with van der Waals surface area (Å²) in [6.07, 6.45) is -0.819. The van der Waals surface area contributed by atoms with Crippen molar-refractivity contribution in [2.75, 3.05) is 25.6 Å². The van der Waals surface area contributed by atoms with Gasteiger partial charge in [-0.05, 0) is 42.8 Å². The Morgan fingerprint density at radius 1 is 1.24 bits per heavy atom. The smallest absolute Gasteiger partial charge is 0.319 e. The van der Waals surface area contributed by atoms with E-state index in [-0.39, 0.29) is 6.54 Å². The Bertz CT molecular complexity index is 707. The van der Waals surface area contributed by atoms with Crippen LogP contribution in [0.1, 0.15) is 18.6 Å². The van der Waals surface area contributed by atoms with Crippen molar-refractivity contribution < 1.29 is 19.4 Å². The minimum atomic E-state index is -0.819. The predicted molar refractivity (Wildman–Crippen MR) is 97.6 cm³/mol. The summed E-state index contributed by atoms with van der Waals surface area (Å²) in [6, 6.07) is 11.5. The molecule has 2 aromatic carbocycles. The zero-order valence-corrected chi connectivity index (χ0v) is 14.8. The largest absolute Gasteiger partial charge is 0.497 e. The number of ether oxygens (including phenoxy) is 2. The molecule has 0 heterocycles. The van der Waals surface area contributed by atoms with Crippen LogP contribution >= 0.6 is 11.6 Å². The van der Waals surface area contributed by atoms with E-state index in [4.69, 9.17) is 21.1 Å². The standard InChI is InChI=1S/C18H21ClN2O4/c1-3-25-17-9-6-13(10-15(17)19)21-18(23)20-11-16(22)12-4-7-14(24-2)8-5-12/h4-10,16,22H,3,11H2,1-2H3,(H2,20,21,23). The molecule has 0 fully saturated rings. The summed E-state index contributed by atoms with van der Waals surface area (Å²) in [5.74, 6) is 1.26. The number of nitrogens with one attached hydrogen (secondary N) is 2. The van der Waals surface area contributed by atoms with Crippen LogP contribution in [-0.2, 0) is 0 Å². The van der Waals surface area contributed by atoms with E-state index in [0.717, 1.165) is 0 Å². The minimum Gasteiger partial charge on any atom is -0.497 e. The summed E-state index contributed by atoms with van der Waals surface area (Å²) in [7, 11) is 1.57. The quantitative estimate of drug-likeness (QED) is 0.701. The molecule has 25 heavy (non-hydrogen) atoms. The monoisotopic (exact) mass is 364 g/mol. The Hall–Kier alpha value is -2.44. The maximum Gasteiger partial charge on any atom is 0.319 e. The SMILES string of the molecule is CCOc1ccc(NC(=O)NCC(O)c2ccc(OC)cc2)cc1Cl. The van der Waals surface area contributed by atoms with Gasteiger partial charge in [-0.15, -0.1) is 0 Å². The number of halogens is 1. The van der Waals surface area contributed by atoms with E-state index in [1.165, 1.54) is 0 Å². The van der Waals surface area contributed by atoms with Gasteiger partial charge < -0.3 is 25.2 Å². The summed E-state index contributed by atoms with van der Waals surface area (Å²) in [5, 5.41) is 15.8. The van der Waals surface area contributed by atoms with Crippen molar-refractivity contribution >= 4 is 23.3 Å². The second-order valence-electron chi connectivity index (χ2n) is 5.20. The number of anilines is 1. The van der Waals surface area contributed by atoms with Crippen LogP contribution in [0.15, 0.2) is 42.5 Å². The molecule has 0 bridgehead atoms. The van der Waals surface area contributed by atoms with Crippen LogP contribution in [0.3, 0.4) is 0 Å². The topological polar surface area (TPSA) is 79.8 Å². The first kappa shape index (κ1) is 18.9. The van der Waals surface area contributed by atoms with Crippen LogP contribution in [0.2, 0.25) is 5.02 Å². The maximum atomic E-state index is 11.9. The van der Waals surface area contributed by atoms with Gasteiger partial charge in [0.2, 0.25) is 0 Å². The number of aliphatic hydroxyl groups excluding tert-OH is 1. The normalized spacial score (nSPS) is 11.5. The fraction of sp³-hybridized carbons (Fsp3) is 0.278. The van der Waals surface area contributed by atoms with Crippen molar-refractivity contribution in [2.45, 2.75) is 13.0 Å². The van der Waals surface area contributed by atoms with E-state index in [1.807, 2.05) is 6.92 Å². The summed E-state index contributed by atoms with van der Waals surface area (Å²) in [4.78, 5) is 11.9. The van der Waals surface area contributed by atoms with E-state index in [2.05, 4.69) is 10.6 Å². The van der Waals surface area contributed by atoms with Gasteiger partial charge in [-0.2, -0.15) is 0 Å². The molecular formula is C18H21ClN2O4. The Labute approximate surface area is 151 Å². The molecule has 0 radical (unpaired) electrons. The van der Waals surface area contributed by atoms with Gasteiger partial charge in [-0.3, -0.25) is 0 Å². The molecule has 6 nitrogen and oxygen atoms in total. The zero-order valence-electron chi connectivity index (χ0n) is 14.1. The summed E-state index contributed by atoms with van der Waals surface area (Å²) >= 11 is 6.08. The van der Waals surface area contributed by atoms with Gasteiger partial charge >= 0.3 is 6.03 Å². The predicted octanol–water partition coefficient (Wildman–Crippen LogP) is 3.60. The van der Waals surface area contributed by atoms with Crippen LogP contribution in [0.5, 0.6) is 11.5 Å². The number of carbonyl (C=O) groups is 1. The number of aliphatic hydroxyl groups is 1. The van der Waals surface area contributed by atoms with Gasteiger partial charge in [0, 0.05) is 12.2 Å². The van der Waals surface area contributed by atoms with Gasteiger partial charge in [0.05, 0.1) is 24.8 Å². The van der Waals surface area contributed by atoms with E-state index in [0.29, 0.717) is 34.4 Å². The Morgan fingerprint density at radius 2 is 1.96 bits per heavy atom. The number of carbonyl (C=O) groups excluding carboxylic acids is 1. The Kier molecular flexibility index (Phi) is 6.91. The van der Waals surface area contributed by atoms with Gasteiger partial charge in [0.25, 0.3) is 0 Å². The first-order chi connectivity index (χ1) is 12.0. The van der Waals surface area contributed by atoms with Crippen LogP contribution in [-0.4, -0.2) is 31.4 Å². The average molecular weight is 365 g/mol. The number of rotatable bonds is 7. The second kappa shape index (κ2) is 9.15. The molecule has 7 heteroatoms. The molecule has 2 amide bonds. The lowest BCUT2D eigenvalue weighted by Gasteiger charge is -2.14. The van der Waals surface area contributed by atoms with E-state index in [1.54, 1.807) is 49.6 Å². The third-order valence-corrected chi connectivity index (χ3v) is 3.74. The number of methoxy groups -OCH3 is 1. The molecule has 2 rings (SSSR count). The van der Waals surface area contributed by atoms with Crippen LogP contribution in [0.4, 0.5) is 10.5 Å². The third kappa shape index (κ3) is 5.55. The van der Waals surface area contributed by atoms with Crippen LogP contribution < -0.4 is 20.1 Å². The highest BCUT2D eigenvalue weighted by molar-refractivity contribution is 6.32. The van der Waals surface area contributed by atoms with E-state index >= 15 is 0 Å². The molecule has 0 aliphatic carbocycles. The highest BCUT2D eigenvalue weighted by Gasteiger charge is 2.10. The van der Waals surface area contributed by atoms with Crippen LogP contribution in [0, 0.1) is 0 Å². The van der Waals surface area contributed by atoms with Gasteiger partial charge in [0.1, 0.15) is 11.5 Å². The lowest BCUT2D eigenvalue weighted by atomic mass is 10.1. The van der Waals surface area contributed by atoms with Gasteiger partial charge in [0.15, 0.2) is 0 Å². The van der Waals surface area contributed by atoms with Crippen molar-refractivity contribution in [3.05, 3.63) is 53.1 Å². The maximum absolute atomic E-state index is 11.9. The van der Waals surface area contributed by atoms with Gasteiger partial charge in [-0.25, -0.2) is 4.79 Å². The van der Waals surface area contributed by atoms with Crippen molar-refractivity contribution in [1.29, 1.82) is 0 Å². The number of hydrogen-bond donors (Lipinski definition) is 3. The molecule has 3 N–H and O–H groups in total. The molecule has 1 unspecified atom stereocenters. The highest BCUT2D eigenvalue weighted by atomic mass is 35.5. The second-order valence-corrected chi connectivity index (χ2v) is 5.61. The van der Waals surface area contributed by atoms with Crippen molar-refractivity contribution in [1.82, 2.24) is 5.32 Å². The van der Waals surface area contributed by atoms with Crippen molar-refractivity contribution in [2.24, 2.45) is 0 Å². The minimum absolute atomic E-state index is 0.0723. The summed E-state index contributed by atoms with van der Waals surface area (Å²) in [6.45, 7) is 2.45. The van der Waals surface area contributed by atoms with Gasteiger partial charge in [-0.1, -0.05) is 23.7 Å². The molecule has 134 valence electrons. The summed E-state index contributed by atoms with van der Waals surface area (Å²) < 4.78 is 10.4. The number of benzene rings is 2. The van der Waals surface area contributed by atoms with Crippen LogP contribution in [0.25, 0.3) is 0 Å². The Balaban J connectivity index is 1.86. The molecule has 0 saturated carbocycles. The third-order valence-electron chi connectivity index (χ3n) is 3.45. The molecular weight excluding hydrogens is 344 g/mol. The summed E-state index contributed by atoms with van der Waals surface area (Å²) in [5.41, 5.74) is 1.22. The lowest BCUT2D eigenvalue weighted by Crippen LogP contribution is -2.32. The van der Waals surface area contributed by atoms with E-state index in [9.17, 15) is 9.90 Å². The molecule has 0 spiro atoms. The first-order valence-corrected chi connectivity index (χ1v) is 8.20. The highest BCUT2D eigenvalue weighted by Crippen LogP contribution is 2.27. The molecule has 0 aliphatic heterocycles. The zero-order chi connectivity index (χ0) is 18.2. The fourth-order valence-corrected chi connectivity index (χ4v) is 2.39. The fourth-order valence-electron chi connectivity index (χ4n) is 2.16. The molecule has 0 saturated heterocycles. The molecule has 0 aromatic heterocycles. The lowest BCUT2D eigenvalue weighted by molar-refractivity contribution is 0.175. The molecule has 2 aromatic rings. The van der Waals surface area contributed by atoms with Crippen molar-refractivity contribution in [3.8, 4) is 11.5 Å². The number of amides is 2. The molecule has 1 atom stereocenters. The number of urea groups is 1. The van der Waals surface area contributed by atoms with Crippen molar-refractivity contribution in [3.63, 3.8) is 0 Å². The average Bonchev–Trinajstić information content (AvgIpc) is 2.62.